The maximum absolute atomic E-state index is 12.4. The lowest BCUT2D eigenvalue weighted by Crippen LogP contribution is -2.41. The smallest absolute Gasteiger partial charge is 0.354 e. The summed E-state index contributed by atoms with van der Waals surface area (Å²) in [5.41, 5.74) is 0.133. The van der Waals surface area contributed by atoms with Gasteiger partial charge in [-0.15, -0.1) is 24.0 Å². The molecule has 0 fully saturated rings. The summed E-state index contributed by atoms with van der Waals surface area (Å²) in [6, 6.07) is 5.39. The second-order valence-electron chi connectivity index (χ2n) is 4.57. The van der Waals surface area contributed by atoms with Gasteiger partial charge in [0, 0.05) is 19.6 Å². The van der Waals surface area contributed by atoms with Crippen LogP contribution in [0.15, 0.2) is 29.3 Å². The molecule has 0 spiro atoms. The van der Waals surface area contributed by atoms with Crippen molar-refractivity contribution in [3.8, 4) is 0 Å². The molecule has 1 unspecified atom stereocenters. The first kappa shape index (κ1) is 20.0. The standard InChI is InChI=1S/C14H20F3N3.HI/c1-4-10(2)20-13(18-3)19-9-11-5-7-12(8-6-11)14(15,16)17;/h5-8,10H,4,9H2,1-3H3,(H2,18,19,20);1H. The van der Waals surface area contributed by atoms with Gasteiger partial charge in [-0.05, 0) is 31.0 Å². The van der Waals surface area contributed by atoms with Gasteiger partial charge in [-0.1, -0.05) is 19.1 Å². The normalized spacial score (nSPS) is 13.3. The molecule has 21 heavy (non-hydrogen) atoms. The first-order valence-corrected chi connectivity index (χ1v) is 6.50. The van der Waals surface area contributed by atoms with Crippen molar-refractivity contribution in [1.29, 1.82) is 0 Å². The predicted octanol–water partition coefficient (Wildman–Crippen LogP) is 3.79. The highest BCUT2D eigenvalue weighted by Crippen LogP contribution is 2.28. The summed E-state index contributed by atoms with van der Waals surface area (Å²) in [5.74, 6) is 0.638. The average molecular weight is 415 g/mol. The van der Waals surface area contributed by atoms with Crippen molar-refractivity contribution >= 4 is 29.9 Å². The van der Waals surface area contributed by atoms with E-state index in [9.17, 15) is 13.2 Å². The van der Waals surface area contributed by atoms with Gasteiger partial charge in [0.05, 0.1) is 5.56 Å². The molecule has 0 aliphatic heterocycles. The molecule has 0 heterocycles. The summed E-state index contributed by atoms with van der Waals surface area (Å²) in [5, 5.41) is 6.25. The monoisotopic (exact) mass is 415 g/mol. The number of nitrogens with zero attached hydrogens (tertiary/aromatic N) is 1. The Balaban J connectivity index is 0.00000400. The Morgan fingerprint density at radius 2 is 1.81 bits per heavy atom. The summed E-state index contributed by atoms with van der Waals surface area (Å²) in [6.07, 6.45) is -3.33. The van der Waals surface area contributed by atoms with E-state index in [1.165, 1.54) is 12.1 Å². The van der Waals surface area contributed by atoms with Gasteiger partial charge in [-0.25, -0.2) is 0 Å². The van der Waals surface area contributed by atoms with E-state index in [-0.39, 0.29) is 30.0 Å². The van der Waals surface area contributed by atoms with Crippen molar-refractivity contribution in [2.24, 2.45) is 4.99 Å². The third kappa shape index (κ3) is 7.01. The highest BCUT2D eigenvalue weighted by atomic mass is 127. The fraction of sp³-hybridized carbons (Fsp3) is 0.500. The molecule has 1 rings (SSSR count). The first-order chi connectivity index (χ1) is 9.36. The second kappa shape index (κ2) is 9.11. The van der Waals surface area contributed by atoms with Crippen LogP contribution < -0.4 is 10.6 Å². The van der Waals surface area contributed by atoms with Crippen molar-refractivity contribution in [1.82, 2.24) is 10.6 Å². The highest BCUT2D eigenvalue weighted by molar-refractivity contribution is 14.0. The summed E-state index contributed by atoms with van der Waals surface area (Å²) in [7, 11) is 1.66. The van der Waals surface area contributed by atoms with Crippen molar-refractivity contribution in [2.45, 2.75) is 39.0 Å². The molecule has 0 aliphatic carbocycles. The van der Waals surface area contributed by atoms with Gasteiger partial charge in [-0.2, -0.15) is 13.2 Å². The number of benzene rings is 1. The number of rotatable bonds is 4. The third-order valence-corrected chi connectivity index (χ3v) is 2.96. The molecule has 7 heteroatoms. The maximum Gasteiger partial charge on any atom is 0.416 e. The molecule has 1 aromatic carbocycles. The number of hydrogen-bond acceptors (Lipinski definition) is 1. The van der Waals surface area contributed by atoms with Crippen LogP contribution in [0.1, 0.15) is 31.4 Å². The molecule has 3 nitrogen and oxygen atoms in total. The lowest BCUT2D eigenvalue weighted by molar-refractivity contribution is -0.137. The number of nitrogens with one attached hydrogen (secondary N) is 2. The van der Waals surface area contributed by atoms with Crippen molar-refractivity contribution in [2.75, 3.05) is 7.05 Å². The zero-order chi connectivity index (χ0) is 15.2. The third-order valence-electron chi connectivity index (χ3n) is 2.96. The van der Waals surface area contributed by atoms with E-state index in [4.69, 9.17) is 0 Å². The van der Waals surface area contributed by atoms with Crippen LogP contribution in [0.4, 0.5) is 13.2 Å². The molecular weight excluding hydrogens is 394 g/mol. The minimum absolute atomic E-state index is 0. The lowest BCUT2D eigenvalue weighted by Gasteiger charge is -2.16. The maximum atomic E-state index is 12.4. The topological polar surface area (TPSA) is 36.4 Å². The van der Waals surface area contributed by atoms with Crippen LogP contribution in [0, 0.1) is 0 Å². The minimum Gasteiger partial charge on any atom is -0.354 e. The Bertz CT molecular complexity index is 444. The van der Waals surface area contributed by atoms with E-state index in [0.29, 0.717) is 12.5 Å². The van der Waals surface area contributed by atoms with Gasteiger partial charge < -0.3 is 10.6 Å². The number of guanidine groups is 1. The van der Waals surface area contributed by atoms with Gasteiger partial charge in [0.1, 0.15) is 0 Å². The van der Waals surface area contributed by atoms with Gasteiger partial charge >= 0.3 is 6.18 Å². The van der Waals surface area contributed by atoms with Gasteiger partial charge in [0.2, 0.25) is 0 Å². The highest BCUT2D eigenvalue weighted by Gasteiger charge is 2.29. The van der Waals surface area contributed by atoms with Crippen LogP contribution in [0.5, 0.6) is 0 Å². The van der Waals surface area contributed by atoms with E-state index in [1.807, 2.05) is 6.92 Å². The number of halogens is 4. The molecule has 0 aliphatic rings. The largest absolute Gasteiger partial charge is 0.416 e. The molecule has 0 aromatic heterocycles. The van der Waals surface area contributed by atoms with Crippen molar-refractivity contribution in [3.05, 3.63) is 35.4 Å². The van der Waals surface area contributed by atoms with Crippen LogP contribution in [0.3, 0.4) is 0 Å². The lowest BCUT2D eigenvalue weighted by atomic mass is 10.1. The Hall–Kier alpha value is -0.990. The number of alkyl halides is 3. The van der Waals surface area contributed by atoms with Crippen LogP contribution in [-0.4, -0.2) is 19.0 Å². The summed E-state index contributed by atoms with van der Waals surface area (Å²) >= 11 is 0. The van der Waals surface area contributed by atoms with Crippen molar-refractivity contribution in [3.63, 3.8) is 0 Å². The predicted molar refractivity (Wildman–Crippen MR) is 89.9 cm³/mol. The van der Waals surface area contributed by atoms with Crippen molar-refractivity contribution < 1.29 is 13.2 Å². The second-order valence-corrected chi connectivity index (χ2v) is 4.57. The molecule has 0 radical (unpaired) electrons. The number of aliphatic imine (C=N–C) groups is 1. The first-order valence-electron chi connectivity index (χ1n) is 6.50. The fourth-order valence-electron chi connectivity index (χ4n) is 1.53. The van der Waals surface area contributed by atoms with Gasteiger partial charge in [-0.3, -0.25) is 4.99 Å². The quantitative estimate of drug-likeness (QED) is 0.446. The zero-order valence-corrected chi connectivity index (χ0v) is 14.6. The SMILES string of the molecule is CCC(C)NC(=NC)NCc1ccc(C(F)(F)F)cc1.I. The van der Waals surface area contributed by atoms with Crippen LogP contribution in [0.25, 0.3) is 0 Å². The minimum atomic E-state index is -4.29. The average Bonchev–Trinajstić information content (AvgIpc) is 2.42. The van der Waals surface area contributed by atoms with E-state index in [0.717, 1.165) is 24.1 Å². The van der Waals surface area contributed by atoms with Gasteiger partial charge in [0.25, 0.3) is 0 Å². The Labute approximate surface area is 140 Å². The molecule has 2 N–H and O–H groups in total. The van der Waals surface area contributed by atoms with E-state index < -0.39 is 11.7 Å². The van der Waals surface area contributed by atoms with E-state index in [2.05, 4.69) is 22.5 Å². The zero-order valence-electron chi connectivity index (χ0n) is 12.3. The van der Waals surface area contributed by atoms with E-state index in [1.54, 1.807) is 7.05 Å². The Morgan fingerprint density at radius 1 is 1.24 bits per heavy atom. The van der Waals surface area contributed by atoms with Crippen LogP contribution in [-0.2, 0) is 12.7 Å². The summed E-state index contributed by atoms with van der Waals surface area (Å²) in [4.78, 5) is 4.06. The van der Waals surface area contributed by atoms with E-state index >= 15 is 0 Å². The molecule has 0 saturated carbocycles. The molecule has 0 bridgehead atoms. The summed E-state index contributed by atoms with van der Waals surface area (Å²) < 4.78 is 37.3. The number of hydrogen-bond donors (Lipinski definition) is 2. The van der Waals surface area contributed by atoms with Crippen LogP contribution >= 0.6 is 24.0 Å². The van der Waals surface area contributed by atoms with Gasteiger partial charge in [0.15, 0.2) is 5.96 Å². The molecule has 1 aromatic rings. The molecular formula is C14H21F3IN3. The molecule has 0 amide bonds. The molecule has 1 atom stereocenters. The fourth-order valence-corrected chi connectivity index (χ4v) is 1.53. The molecule has 0 saturated heterocycles. The Morgan fingerprint density at radius 3 is 2.24 bits per heavy atom. The summed E-state index contributed by atoms with van der Waals surface area (Å²) in [6.45, 7) is 4.51. The molecule has 120 valence electrons. The Kier molecular flexibility index (Phi) is 8.68. The van der Waals surface area contributed by atoms with Crippen LogP contribution in [0.2, 0.25) is 0 Å².